The summed E-state index contributed by atoms with van der Waals surface area (Å²) < 4.78 is 23.9. The molecular formula is C21H28FN3O4. The third-order valence-electron chi connectivity index (χ3n) is 4.29. The van der Waals surface area contributed by atoms with Gasteiger partial charge < -0.3 is 24.3 Å². The first-order valence-electron chi connectivity index (χ1n) is 9.52. The molecule has 1 aromatic carbocycles. The Balaban J connectivity index is 2.16. The van der Waals surface area contributed by atoms with Gasteiger partial charge in [0.05, 0.1) is 13.2 Å². The maximum Gasteiger partial charge on any atom is 0.317 e. The fraction of sp³-hybridized carbons (Fsp3) is 0.429. The molecule has 0 saturated heterocycles. The van der Waals surface area contributed by atoms with Crippen LogP contribution in [0.5, 0.6) is 0 Å². The van der Waals surface area contributed by atoms with Crippen molar-refractivity contribution in [3.63, 3.8) is 0 Å². The number of carbonyl (C=O) groups is 2. The lowest BCUT2D eigenvalue weighted by molar-refractivity contribution is -0.133. The summed E-state index contributed by atoms with van der Waals surface area (Å²) >= 11 is 0. The van der Waals surface area contributed by atoms with Crippen molar-refractivity contribution in [1.82, 2.24) is 15.1 Å². The lowest BCUT2D eigenvalue weighted by atomic mass is 10.2. The number of amides is 3. The average molecular weight is 405 g/mol. The van der Waals surface area contributed by atoms with Crippen LogP contribution in [-0.2, 0) is 22.6 Å². The minimum atomic E-state index is -0.338. The molecule has 1 aromatic heterocycles. The molecule has 3 amide bonds. The number of nitrogens with zero attached hydrogens (tertiary/aromatic N) is 2. The number of furan rings is 1. The van der Waals surface area contributed by atoms with E-state index < -0.39 is 0 Å². The third-order valence-corrected chi connectivity index (χ3v) is 4.29. The quantitative estimate of drug-likeness (QED) is 0.660. The van der Waals surface area contributed by atoms with Gasteiger partial charge in [0.25, 0.3) is 0 Å². The molecule has 29 heavy (non-hydrogen) atoms. The van der Waals surface area contributed by atoms with Crippen molar-refractivity contribution in [3.8, 4) is 0 Å². The molecule has 0 aliphatic heterocycles. The number of rotatable bonds is 10. The van der Waals surface area contributed by atoms with Gasteiger partial charge in [0.2, 0.25) is 5.91 Å². The van der Waals surface area contributed by atoms with E-state index in [4.69, 9.17) is 9.15 Å². The molecule has 0 fully saturated rings. The van der Waals surface area contributed by atoms with E-state index in [-0.39, 0.29) is 37.4 Å². The van der Waals surface area contributed by atoms with Crippen molar-refractivity contribution in [3.05, 3.63) is 59.3 Å². The van der Waals surface area contributed by atoms with Crippen LogP contribution in [0.4, 0.5) is 9.18 Å². The van der Waals surface area contributed by atoms with Crippen LogP contribution < -0.4 is 5.32 Å². The number of nitrogens with one attached hydrogen (secondary N) is 1. The maximum absolute atomic E-state index is 13.2. The Morgan fingerprint density at radius 1 is 1.10 bits per heavy atom. The largest absolute Gasteiger partial charge is 0.464 e. The molecule has 8 heteroatoms. The zero-order chi connectivity index (χ0) is 21.2. The summed E-state index contributed by atoms with van der Waals surface area (Å²) in [6.07, 6.45) is 0. The lowest BCUT2D eigenvalue weighted by Gasteiger charge is -2.27. The van der Waals surface area contributed by atoms with Gasteiger partial charge in [0.15, 0.2) is 0 Å². The molecule has 0 spiro atoms. The highest BCUT2D eigenvalue weighted by atomic mass is 19.1. The van der Waals surface area contributed by atoms with E-state index in [9.17, 15) is 14.0 Å². The number of hydrogen-bond donors (Lipinski definition) is 1. The minimum absolute atomic E-state index is 0.101. The van der Waals surface area contributed by atoms with Crippen LogP contribution in [0.1, 0.15) is 24.0 Å². The first-order chi connectivity index (χ1) is 13.9. The zero-order valence-corrected chi connectivity index (χ0v) is 17.1. The molecule has 1 N–H and O–H groups in total. The highest BCUT2D eigenvalue weighted by molar-refractivity contribution is 5.84. The number of ether oxygens (including phenoxy) is 1. The molecule has 0 unspecified atom stereocenters. The van der Waals surface area contributed by atoms with E-state index in [2.05, 4.69) is 5.32 Å². The molecule has 1 heterocycles. The van der Waals surface area contributed by atoms with E-state index in [0.29, 0.717) is 25.5 Å². The molecule has 158 valence electrons. The van der Waals surface area contributed by atoms with E-state index in [1.165, 1.54) is 24.1 Å². The van der Waals surface area contributed by atoms with Gasteiger partial charge in [-0.2, -0.15) is 0 Å². The van der Waals surface area contributed by atoms with Crippen LogP contribution in [0.2, 0.25) is 0 Å². The third kappa shape index (κ3) is 7.23. The second-order valence-electron chi connectivity index (χ2n) is 6.64. The van der Waals surface area contributed by atoms with E-state index in [0.717, 1.165) is 11.3 Å². The number of carbonyl (C=O) groups excluding carboxylic acids is 2. The normalized spacial score (nSPS) is 10.6. The minimum Gasteiger partial charge on any atom is -0.464 e. The molecule has 0 saturated carbocycles. The number of halogens is 1. The van der Waals surface area contributed by atoms with E-state index in [1.807, 2.05) is 26.0 Å². The Morgan fingerprint density at radius 2 is 1.83 bits per heavy atom. The van der Waals surface area contributed by atoms with Gasteiger partial charge in [0, 0.05) is 26.7 Å². The lowest BCUT2D eigenvalue weighted by Crippen LogP contribution is -2.47. The SMILES string of the molecule is CCNC(=O)N(CCOC)CC(=O)N(Cc1ccc(F)cc1)Cc1ccc(C)o1. The van der Waals surface area contributed by atoms with E-state index in [1.54, 1.807) is 17.0 Å². The van der Waals surface area contributed by atoms with Crippen molar-refractivity contribution in [2.24, 2.45) is 0 Å². The summed E-state index contributed by atoms with van der Waals surface area (Å²) in [6, 6.07) is 9.30. The molecule has 2 rings (SSSR count). The Hall–Kier alpha value is -2.87. The van der Waals surface area contributed by atoms with Crippen LogP contribution in [0.25, 0.3) is 0 Å². The second-order valence-corrected chi connectivity index (χ2v) is 6.64. The number of urea groups is 1. The van der Waals surface area contributed by atoms with Gasteiger partial charge in [-0.1, -0.05) is 12.1 Å². The maximum atomic E-state index is 13.2. The van der Waals surface area contributed by atoms with Crippen LogP contribution in [0.15, 0.2) is 40.8 Å². The Bertz CT molecular complexity index is 791. The standard InChI is InChI=1S/C21H28FN3O4/c1-4-23-21(27)24(11-12-28-3)15-20(26)25(14-19-10-5-16(2)29-19)13-17-6-8-18(22)9-7-17/h5-10H,4,11-15H2,1-3H3,(H,23,27). The molecular weight excluding hydrogens is 377 g/mol. The van der Waals surface area contributed by atoms with Gasteiger partial charge >= 0.3 is 6.03 Å². The number of hydrogen-bond acceptors (Lipinski definition) is 4. The fourth-order valence-electron chi connectivity index (χ4n) is 2.78. The number of benzene rings is 1. The monoisotopic (exact) mass is 405 g/mol. The van der Waals surface area contributed by atoms with Crippen LogP contribution in [0, 0.1) is 12.7 Å². The predicted molar refractivity (Wildman–Crippen MR) is 107 cm³/mol. The fourth-order valence-corrected chi connectivity index (χ4v) is 2.78. The Morgan fingerprint density at radius 3 is 2.41 bits per heavy atom. The summed E-state index contributed by atoms with van der Waals surface area (Å²) in [6.45, 7) is 5.13. The molecule has 0 aliphatic carbocycles. The topological polar surface area (TPSA) is 75.0 Å². The number of methoxy groups -OCH3 is 1. The summed E-state index contributed by atoms with van der Waals surface area (Å²) in [5, 5.41) is 2.71. The van der Waals surface area contributed by atoms with Gasteiger partial charge in [-0.15, -0.1) is 0 Å². The highest BCUT2D eigenvalue weighted by Gasteiger charge is 2.22. The van der Waals surface area contributed by atoms with Gasteiger partial charge in [0.1, 0.15) is 23.9 Å². The number of aryl methyl sites for hydroxylation is 1. The summed E-state index contributed by atoms with van der Waals surface area (Å²) in [5.41, 5.74) is 0.782. The highest BCUT2D eigenvalue weighted by Crippen LogP contribution is 2.14. The summed E-state index contributed by atoms with van der Waals surface area (Å²) in [5.74, 6) is 0.804. The average Bonchev–Trinajstić information content (AvgIpc) is 3.11. The molecule has 0 atom stereocenters. The van der Waals surface area contributed by atoms with E-state index >= 15 is 0 Å². The second kappa shape index (κ2) is 11.2. The zero-order valence-electron chi connectivity index (χ0n) is 17.1. The van der Waals surface area contributed by atoms with Crippen LogP contribution in [0.3, 0.4) is 0 Å². The molecule has 2 aromatic rings. The first-order valence-corrected chi connectivity index (χ1v) is 9.52. The summed E-state index contributed by atoms with van der Waals surface area (Å²) in [4.78, 5) is 28.4. The van der Waals surface area contributed by atoms with Crippen LogP contribution in [-0.4, -0.2) is 55.1 Å². The van der Waals surface area contributed by atoms with Crippen molar-refractivity contribution < 1.29 is 23.1 Å². The van der Waals surface area contributed by atoms with Gasteiger partial charge in [-0.3, -0.25) is 4.79 Å². The smallest absolute Gasteiger partial charge is 0.317 e. The molecule has 7 nitrogen and oxygen atoms in total. The molecule has 0 radical (unpaired) electrons. The van der Waals surface area contributed by atoms with Crippen molar-refractivity contribution in [2.45, 2.75) is 26.9 Å². The first kappa shape index (κ1) is 22.4. The molecule has 0 bridgehead atoms. The van der Waals surface area contributed by atoms with Crippen LogP contribution >= 0.6 is 0 Å². The van der Waals surface area contributed by atoms with Crippen molar-refractivity contribution >= 4 is 11.9 Å². The molecule has 0 aliphatic rings. The van der Waals surface area contributed by atoms with Gasteiger partial charge in [-0.25, -0.2) is 9.18 Å². The van der Waals surface area contributed by atoms with Gasteiger partial charge in [-0.05, 0) is 43.7 Å². The Kier molecular flexibility index (Phi) is 8.67. The van der Waals surface area contributed by atoms with Crippen molar-refractivity contribution in [2.75, 3.05) is 33.4 Å². The van der Waals surface area contributed by atoms with Crippen molar-refractivity contribution in [1.29, 1.82) is 0 Å². The summed E-state index contributed by atoms with van der Waals surface area (Å²) in [7, 11) is 1.54. The Labute approximate surface area is 170 Å². The predicted octanol–water partition coefficient (Wildman–Crippen LogP) is 2.93.